The van der Waals surface area contributed by atoms with Crippen molar-refractivity contribution in [2.45, 2.75) is 84.0 Å². The van der Waals surface area contributed by atoms with Gasteiger partial charge in [-0.3, -0.25) is 19.3 Å². The Morgan fingerprint density at radius 1 is 1.09 bits per heavy atom. The number of amides is 3. The summed E-state index contributed by atoms with van der Waals surface area (Å²) in [4.78, 5) is 51.3. The van der Waals surface area contributed by atoms with E-state index in [0.29, 0.717) is 25.8 Å². The van der Waals surface area contributed by atoms with E-state index >= 15 is 0 Å². The standard InChI is InChI=1S/C26H37N3O6/c1-16(22(30)27-14-17-9-11-18(12-10-17)24(32)33)28-23(31)21-13-19-7-5-6-8-20(19)15-29(21)25(34)35-26(2,3)4/h5-8,16-18,21H,9-15H2,1-4H3,(H,27,30)(H,28,31)(H,32,33)/t16-,17?,18?,21-/m0/s1. The molecule has 1 aliphatic heterocycles. The first kappa shape index (κ1) is 26.5. The van der Waals surface area contributed by atoms with Gasteiger partial charge in [0.1, 0.15) is 17.7 Å². The summed E-state index contributed by atoms with van der Waals surface area (Å²) in [6.45, 7) is 7.65. The third-order valence-electron chi connectivity index (χ3n) is 6.69. The monoisotopic (exact) mass is 487 g/mol. The lowest BCUT2D eigenvalue weighted by Crippen LogP contribution is -2.56. The summed E-state index contributed by atoms with van der Waals surface area (Å²) in [7, 11) is 0. The molecule has 1 heterocycles. The zero-order chi connectivity index (χ0) is 25.8. The summed E-state index contributed by atoms with van der Waals surface area (Å²) >= 11 is 0. The van der Waals surface area contributed by atoms with Crippen molar-refractivity contribution < 1.29 is 29.0 Å². The van der Waals surface area contributed by atoms with Crippen molar-refractivity contribution in [2.75, 3.05) is 6.54 Å². The zero-order valence-electron chi connectivity index (χ0n) is 21.0. The van der Waals surface area contributed by atoms with Gasteiger partial charge < -0.3 is 20.5 Å². The Morgan fingerprint density at radius 3 is 2.31 bits per heavy atom. The molecule has 3 rings (SSSR count). The molecule has 0 unspecified atom stereocenters. The average Bonchev–Trinajstić information content (AvgIpc) is 2.80. The van der Waals surface area contributed by atoms with Crippen molar-refractivity contribution in [3.8, 4) is 0 Å². The lowest BCUT2D eigenvalue weighted by atomic mass is 9.82. The maximum atomic E-state index is 13.2. The maximum absolute atomic E-state index is 13.2. The highest BCUT2D eigenvalue weighted by Crippen LogP contribution is 2.28. The van der Waals surface area contributed by atoms with E-state index < -0.39 is 35.7 Å². The van der Waals surface area contributed by atoms with Crippen LogP contribution in [0.3, 0.4) is 0 Å². The Morgan fingerprint density at radius 2 is 1.71 bits per heavy atom. The van der Waals surface area contributed by atoms with Gasteiger partial charge in [-0.05, 0) is 70.4 Å². The van der Waals surface area contributed by atoms with Crippen LogP contribution in [-0.4, -0.2) is 58.1 Å². The van der Waals surface area contributed by atoms with Crippen LogP contribution in [0.4, 0.5) is 4.79 Å². The zero-order valence-corrected chi connectivity index (χ0v) is 21.0. The lowest BCUT2D eigenvalue weighted by molar-refractivity contribution is -0.143. The fraction of sp³-hybridized carbons (Fsp3) is 0.615. The molecule has 1 aliphatic carbocycles. The molecule has 3 amide bonds. The quantitative estimate of drug-likeness (QED) is 0.567. The first-order valence-electron chi connectivity index (χ1n) is 12.3. The van der Waals surface area contributed by atoms with E-state index in [4.69, 9.17) is 9.84 Å². The number of carboxylic acid groups (broad SMARTS) is 1. The Balaban J connectivity index is 1.59. The SMILES string of the molecule is C[C@H](NC(=O)[C@@H]1Cc2ccccc2CN1C(=O)OC(C)(C)C)C(=O)NCC1CCC(C(=O)O)CC1. The highest BCUT2D eigenvalue weighted by molar-refractivity contribution is 5.91. The molecule has 0 spiro atoms. The second-order valence-electron chi connectivity index (χ2n) is 10.6. The lowest BCUT2D eigenvalue weighted by Gasteiger charge is -2.37. The second-order valence-corrected chi connectivity index (χ2v) is 10.6. The number of nitrogens with zero attached hydrogens (tertiary/aromatic N) is 1. The molecule has 0 radical (unpaired) electrons. The molecule has 35 heavy (non-hydrogen) atoms. The minimum absolute atomic E-state index is 0.231. The van der Waals surface area contributed by atoms with Crippen molar-refractivity contribution in [1.82, 2.24) is 15.5 Å². The molecular formula is C26H37N3O6. The van der Waals surface area contributed by atoms with Crippen molar-refractivity contribution in [3.63, 3.8) is 0 Å². The summed E-state index contributed by atoms with van der Waals surface area (Å²) in [5.41, 5.74) is 1.25. The minimum atomic E-state index is -0.790. The van der Waals surface area contributed by atoms with Crippen LogP contribution < -0.4 is 10.6 Å². The Labute approximate surface area is 206 Å². The van der Waals surface area contributed by atoms with E-state index in [1.165, 1.54) is 4.90 Å². The smallest absolute Gasteiger partial charge is 0.411 e. The molecule has 0 saturated heterocycles. The summed E-state index contributed by atoms with van der Waals surface area (Å²) in [6, 6.07) is 6.10. The van der Waals surface area contributed by atoms with E-state index in [-0.39, 0.29) is 24.3 Å². The largest absolute Gasteiger partial charge is 0.481 e. The predicted octanol–water partition coefficient (Wildman–Crippen LogP) is 2.86. The molecule has 2 atom stereocenters. The van der Waals surface area contributed by atoms with Crippen LogP contribution in [0.1, 0.15) is 64.5 Å². The Hall–Kier alpha value is -3.10. The average molecular weight is 488 g/mol. The van der Waals surface area contributed by atoms with Gasteiger partial charge in [0.25, 0.3) is 0 Å². The molecule has 1 aromatic carbocycles. The first-order chi connectivity index (χ1) is 16.4. The van der Waals surface area contributed by atoms with E-state index in [9.17, 15) is 19.2 Å². The van der Waals surface area contributed by atoms with E-state index in [1.54, 1.807) is 27.7 Å². The number of fused-ring (bicyclic) bond motifs is 1. The molecule has 1 saturated carbocycles. The molecule has 2 aliphatic rings. The van der Waals surface area contributed by atoms with Crippen LogP contribution in [0.2, 0.25) is 0 Å². The summed E-state index contributed by atoms with van der Waals surface area (Å²) in [5, 5.41) is 14.8. The number of ether oxygens (including phenoxy) is 1. The Bertz CT molecular complexity index is 949. The van der Waals surface area contributed by atoms with Gasteiger partial charge in [0.15, 0.2) is 0 Å². The fourth-order valence-electron chi connectivity index (χ4n) is 4.66. The van der Waals surface area contributed by atoms with E-state index in [0.717, 1.165) is 24.0 Å². The summed E-state index contributed by atoms with van der Waals surface area (Å²) < 4.78 is 5.54. The van der Waals surface area contributed by atoms with E-state index in [2.05, 4.69) is 10.6 Å². The summed E-state index contributed by atoms with van der Waals surface area (Å²) in [6.07, 6.45) is 2.51. The number of carbonyl (C=O) groups is 4. The van der Waals surface area contributed by atoms with Crippen molar-refractivity contribution in [3.05, 3.63) is 35.4 Å². The van der Waals surface area contributed by atoms with Gasteiger partial charge in [-0.25, -0.2) is 4.79 Å². The highest BCUT2D eigenvalue weighted by Gasteiger charge is 2.38. The van der Waals surface area contributed by atoms with Crippen LogP contribution in [0, 0.1) is 11.8 Å². The number of hydrogen-bond donors (Lipinski definition) is 3. The van der Waals surface area contributed by atoms with Gasteiger partial charge >= 0.3 is 12.1 Å². The topological polar surface area (TPSA) is 125 Å². The molecule has 1 aromatic rings. The van der Waals surface area contributed by atoms with E-state index in [1.807, 2.05) is 24.3 Å². The van der Waals surface area contributed by atoms with Crippen LogP contribution in [0.5, 0.6) is 0 Å². The maximum Gasteiger partial charge on any atom is 0.411 e. The van der Waals surface area contributed by atoms with Crippen molar-refractivity contribution in [1.29, 1.82) is 0 Å². The van der Waals surface area contributed by atoms with Crippen LogP contribution in [0.15, 0.2) is 24.3 Å². The van der Waals surface area contributed by atoms with Crippen molar-refractivity contribution in [2.24, 2.45) is 11.8 Å². The second kappa shape index (κ2) is 11.1. The molecule has 0 aromatic heterocycles. The summed E-state index contributed by atoms with van der Waals surface area (Å²) in [5.74, 6) is -1.54. The van der Waals surface area contributed by atoms with Crippen LogP contribution >= 0.6 is 0 Å². The minimum Gasteiger partial charge on any atom is -0.481 e. The van der Waals surface area contributed by atoms with Gasteiger partial charge in [0.2, 0.25) is 11.8 Å². The van der Waals surface area contributed by atoms with Gasteiger partial charge in [-0.15, -0.1) is 0 Å². The number of nitrogens with one attached hydrogen (secondary N) is 2. The molecule has 3 N–H and O–H groups in total. The molecule has 9 heteroatoms. The number of aliphatic carboxylic acids is 1. The third kappa shape index (κ3) is 7.19. The van der Waals surface area contributed by atoms with Gasteiger partial charge in [-0.1, -0.05) is 24.3 Å². The molecule has 0 bridgehead atoms. The fourth-order valence-corrected chi connectivity index (χ4v) is 4.66. The van der Waals surface area contributed by atoms with Crippen molar-refractivity contribution >= 4 is 23.9 Å². The molecule has 1 fully saturated rings. The van der Waals surface area contributed by atoms with Gasteiger partial charge in [0, 0.05) is 13.0 Å². The number of rotatable bonds is 6. The van der Waals surface area contributed by atoms with Gasteiger partial charge in [-0.2, -0.15) is 0 Å². The van der Waals surface area contributed by atoms with Gasteiger partial charge in [0.05, 0.1) is 12.5 Å². The third-order valence-corrected chi connectivity index (χ3v) is 6.69. The number of benzene rings is 1. The molecule has 192 valence electrons. The highest BCUT2D eigenvalue weighted by atomic mass is 16.6. The van der Waals surface area contributed by atoms with Crippen LogP contribution in [0.25, 0.3) is 0 Å². The van der Waals surface area contributed by atoms with Crippen LogP contribution in [-0.2, 0) is 32.1 Å². The molecule has 9 nitrogen and oxygen atoms in total. The number of hydrogen-bond acceptors (Lipinski definition) is 5. The normalized spacial score (nSPS) is 23.0. The first-order valence-corrected chi connectivity index (χ1v) is 12.3. The predicted molar refractivity (Wildman–Crippen MR) is 129 cm³/mol. The number of carboxylic acids is 1. The molecular weight excluding hydrogens is 450 g/mol. The Kier molecular flexibility index (Phi) is 8.40. The number of carbonyl (C=O) groups excluding carboxylic acids is 3.